The Bertz CT molecular complexity index is 551. The third kappa shape index (κ3) is 2.66. The van der Waals surface area contributed by atoms with E-state index in [1.807, 2.05) is 12.1 Å². The van der Waals surface area contributed by atoms with E-state index in [0.29, 0.717) is 17.8 Å². The number of hydrogen-bond donors (Lipinski definition) is 2. The van der Waals surface area contributed by atoms with Gasteiger partial charge in [-0.05, 0) is 35.6 Å². The maximum Gasteiger partial charge on any atom is 0.204 e. The SMILES string of the molecule is CC1CCCC(Nc2cccc(-c3nn[nH]n3)c2)C1C. The molecule has 20 heavy (non-hydrogen) atoms. The quantitative estimate of drug-likeness (QED) is 0.900. The molecule has 1 aromatic heterocycles. The number of rotatable bonds is 3. The van der Waals surface area contributed by atoms with Gasteiger partial charge in [-0.25, -0.2) is 0 Å². The number of anilines is 1. The van der Waals surface area contributed by atoms with Crippen molar-refractivity contribution in [3.05, 3.63) is 24.3 Å². The number of tetrazole rings is 1. The fraction of sp³-hybridized carbons (Fsp3) is 0.533. The summed E-state index contributed by atoms with van der Waals surface area (Å²) >= 11 is 0. The first-order chi connectivity index (χ1) is 9.74. The average molecular weight is 271 g/mol. The molecule has 2 aromatic rings. The molecule has 0 aliphatic heterocycles. The molecule has 2 N–H and O–H groups in total. The van der Waals surface area contributed by atoms with E-state index < -0.39 is 0 Å². The molecule has 3 atom stereocenters. The molecular formula is C15H21N5. The van der Waals surface area contributed by atoms with Gasteiger partial charge in [0.05, 0.1) is 0 Å². The van der Waals surface area contributed by atoms with Crippen molar-refractivity contribution >= 4 is 5.69 Å². The first-order valence-corrected chi connectivity index (χ1v) is 7.34. The summed E-state index contributed by atoms with van der Waals surface area (Å²) in [7, 11) is 0. The van der Waals surface area contributed by atoms with Crippen molar-refractivity contribution in [2.24, 2.45) is 11.8 Å². The van der Waals surface area contributed by atoms with E-state index in [9.17, 15) is 0 Å². The Kier molecular flexibility index (Phi) is 3.67. The highest BCUT2D eigenvalue weighted by atomic mass is 15.5. The number of hydrogen-bond acceptors (Lipinski definition) is 4. The molecule has 1 heterocycles. The second kappa shape index (κ2) is 5.61. The molecule has 0 amide bonds. The highest BCUT2D eigenvalue weighted by molar-refractivity contribution is 5.62. The van der Waals surface area contributed by atoms with Crippen LogP contribution in [0.3, 0.4) is 0 Å². The summed E-state index contributed by atoms with van der Waals surface area (Å²) in [5.74, 6) is 2.14. The van der Waals surface area contributed by atoms with Gasteiger partial charge >= 0.3 is 0 Å². The number of aromatic nitrogens is 4. The van der Waals surface area contributed by atoms with E-state index in [0.717, 1.165) is 17.2 Å². The number of H-pyrrole nitrogens is 1. The van der Waals surface area contributed by atoms with Crippen LogP contribution in [0, 0.1) is 11.8 Å². The molecule has 3 rings (SSSR count). The molecule has 0 bridgehead atoms. The van der Waals surface area contributed by atoms with E-state index in [1.165, 1.54) is 19.3 Å². The van der Waals surface area contributed by atoms with Crippen molar-refractivity contribution in [1.29, 1.82) is 0 Å². The monoisotopic (exact) mass is 271 g/mol. The van der Waals surface area contributed by atoms with Gasteiger partial charge in [0.15, 0.2) is 0 Å². The highest BCUT2D eigenvalue weighted by Crippen LogP contribution is 2.32. The standard InChI is InChI=1S/C15H21N5/c1-10-5-3-8-14(11(10)2)16-13-7-4-6-12(9-13)15-17-19-20-18-15/h4,6-7,9-11,14,16H,3,5,8H2,1-2H3,(H,17,18,19,20). The van der Waals surface area contributed by atoms with Crippen LogP contribution in [0.1, 0.15) is 33.1 Å². The van der Waals surface area contributed by atoms with Crippen molar-refractivity contribution in [1.82, 2.24) is 20.6 Å². The first kappa shape index (κ1) is 13.1. The fourth-order valence-electron chi connectivity index (χ4n) is 3.03. The minimum absolute atomic E-state index is 0.555. The van der Waals surface area contributed by atoms with Crippen molar-refractivity contribution in [2.45, 2.75) is 39.2 Å². The molecule has 1 saturated carbocycles. The lowest BCUT2D eigenvalue weighted by molar-refractivity contribution is 0.253. The van der Waals surface area contributed by atoms with Gasteiger partial charge in [0.2, 0.25) is 5.82 Å². The summed E-state index contributed by atoms with van der Waals surface area (Å²) in [5, 5.41) is 17.8. The van der Waals surface area contributed by atoms with Crippen LogP contribution in [-0.2, 0) is 0 Å². The Morgan fingerprint density at radius 1 is 1.25 bits per heavy atom. The summed E-state index contributed by atoms with van der Waals surface area (Å²) in [5.41, 5.74) is 2.12. The maximum atomic E-state index is 4.03. The molecule has 1 aliphatic carbocycles. The highest BCUT2D eigenvalue weighted by Gasteiger charge is 2.26. The third-order valence-corrected chi connectivity index (χ3v) is 4.53. The molecule has 5 nitrogen and oxygen atoms in total. The lowest BCUT2D eigenvalue weighted by Gasteiger charge is -2.35. The Hall–Kier alpha value is -1.91. The smallest absolute Gasteiger partial charge is 0.204 e. The largest absolute Gasteiger partial charge is 0.382 e. The predicted molar refractivity (Wildman–Crippen MR) is 79.2 cm³/mol. The second-order valence-corrected chi connectivity index (χ2v) is 5.83. The Morgan fingerprint density at radius 2 is 2.15 bits per heavy atom. The molecule has 1 aromatic carbocycles. The minimum atomic E-state index is 0.555. The number of aromatic amines is 1. The number of nitrogens with one attached hydrogen (secondary N) is 2. The van der Waals surface area contributed by atoms with Crippen LogP contribution >= 0.6 is 0 Å². The van der Waals surface area contributed by atoms with E-state index in [-0.39, 0.29) is 0 Å². The van der Waals surface area contributed by atoms with Crippen molar-refractivity contribution < 1.29 is 0 Å². The molecule has 106 valence electrons. The van der Waals surface area contributed by atoms with Gasteiger partial charge < -0.3 is 5.32 Å². The predicted octanol–water partition coefficient (Wildman–Crippen LogP) is 3.10. The van der Waals surface area contributed by atoms with Crippen LogP contribution in [0.5, 0.6) is 0 Å². The topological polar surface area (TPSA) is 66.5 Å². The molecular weight excluding hydrogens is 250 g/mol. The van der Waals surface area contributed by atoms with Gasteiger partial charge in [0, 0.05) is 17.3 Å². The molecule has 0 saturated heterocycles. The van der Waals surface area contributed by atoms with E-state index in [4.69, 9.17) is 0 Å². The summed E-state index contributed by atoms with van der Waals surface area (Å²) < 4.78 is 0. The molecule has 0 radical (unpaired) electrons. The summed E-state index contributed by atoms with van der Waals surface area (Å²) in [6.07, 6.45) is 3.91. The Morgan fingerprint density at radius 3 is 2.95 bits per heavy atom. The fourth-order valence-corrected chi connectivity index (χ4v) is 3.03. The average Bonchev–Trinajstić information content (AvgIpc) is 2.98. The second-order valence-electron chi connectivity index (χ2n) is 5.83. The van der Waals surface area contributed by atoms with Crippen LogP contribution < -0.4 is 5.32 Å². The first-order valence-electron chi connectivity index (χ1n) is 7.34. The van der Waals surface area contributed by atoms with Gasteiger partial charge in [-0.1, -0.05) is 38.8 Å². The van der Waals surface area contributed by atoms with Crippen molar-refractivity contribution in [3.8, 4) is 11.4 Å². The molecule has 5 heteroatoms. The van der Waals surface area contributed by atoms with Crippen LogP contribution in [0.25, 0.3) is 11.4 Å². The van der Waals surface area contributed by atoms with E-state index in [2.05, 4.69) is 51.9 Å². The van der Waals surface area contributed by atoms with Gasteiger partial charge in [-0.3, -0.25) is 0 Å². The molecule has 0 spiro atoms. The Balaban J connectivity index is 1.76. The Labute approximate surface area is 119 Å². The van der Waals surface area contributed by atoms with E-state index in [1.54, 1.807) is 0 Å². The normalized spacial score (nSPS) is 26.4. The molecule has 1 fully saturated rings. The number of nitrogens with zero attached hydrogens (tertiary/aromatic N) is 3. The van der Waals surface area contributed by atoms with Crippen LogP contribution in [0.4, 0.5) is 5.69 Å². The van der Waals surface area contributed by atoms with Gasteiger partial charge in [0.25, 0.3) is 0 Å². The van der Waals surface area contributed by atoms with E-state index >= 15 is 0 Å². The van der Waals surface area contributed by atoms with Crippen LogP contribution in [0.2, 0.25) is 0 Å². The number of benzene rings is 1. The lowest BCUT2D eigenvalue weighted by atomic mass is 9.78. The minimum Gasteiger partial charge on any atom is -0.382 e. The zero-order valence-corrected chi connectivity index (χ0v) is 12.0. The van der Waals surface area contributed by atoms with Gasteiger partial charge in [0.1, 0.15) is 0 Å². The summed E-state index contributed by atoms with van der Waals surface area (Å²) in [4.78, 5) is 0. The van der Waals surface area contributed by atoms with Crippen molar-refractivity contribution in [2.75, 3.05) is 5.32 Å². The van der Waals surface area contributed by atoms with Gasteiger partial charge in [-0.15, -0.1) is 10.2 Å². The van der Waals surface area contributed by atoms with Crippen LogP contribution in [-0.4, -0.2) is 26.7 Å². The third-order valence-electron chi connectivity index (χ3n) is 4.53. The summed E-state index contributed by atoms with van der Waals surface area (Å²) in [6.45, 7) is 4.71. The van der Waals surface area contributed by atoms with Crippen LogP contribution in [0.15, 0.2) is 24.3 Å². The maximum absolute atomic E-state index is 4.03. The molecule has 3 unspecified atom stereocenters. The zero-order chi connectivity index (χ0) is 13.9. The zero-order valence-electron chi connectivity index (χ0n) is 12.0. The van der Waals surface area contributed by atoms with Crippen molar-refractivity contribution in [3.63, 3.8) is 0 Å². The molecule has 1 aliphatic rings. The summed E-state index contributed by atoms with van der Waals surface area (Å²) in [6, 6.07) is 8.79. The van der Waals surface area contributed by atoms with Gasteiger partial charge in [-0.2, -0.15) is 5.21 Å². The lowest BCUT2D eigenvalue weighted by Crippen LogP contribution is -2.34.